The van der Waals surface area contributed by atoms with E-state index in [1.807, 2.05) is 31.2 Å². The molecule has 0 aliphatic rings. The Labute approximate surface area is 106 Å². The predicted octanol–water partition coefficient (Wildman–Crippen LogP) is 2.74. The molecule has 2 nitrogen and oxygen atoms in total. The fraction of sp³-hybridized carbons (Fsp3) is 0.538. The van der Waals surface area contributed by atoms with Gasteiger partial charge in [0.15, 0.2) is 0 Å². The van der Waals surface area contributed by atoms with Crippen LogP contribution in [0.2, 0.25) is 0 Å². The summed E-state index contributed by atoms with van der Waals surface area (Å²) in [5, 5.41) is 0. The van der Waals surface area contributed by atoms with Crippen molar-refractivity contribution in [3.8, 4) is 0 Å². The van der Waals surface area contributed by atoms with Gasteiger partial charge in [-0.25, -0.2) is 0 Å². The van der Waals surface area contributed by atoms with E-state index in [0.29, 0.717) is 6.54 Å². The highest BCUT2D eigenvalue weighted by atomic mass is 19.4. The first-order chi connectivity index (χ1) is 8.31. The van der Waals surface area contributed by atoms with Crippen molar-refractivity contribution in [1.82, 2.24) is 4.90 Å². The van der Waals surface area contributed by atoms with Crippen molar-refractivity contribution in [2.45, 2.75) is 25.6 Å². The second-order valence-electron chi connectivity index (χ2n) is 4.67. The summed E-state index contributed by atoms with van der Waals surface area (Å²) >= 11 is 0. The molecule has 0 bridgehead atoms. The molecule has 1 rings (SSSR count). The number of benzene rings is 1. The van der Waals surface area contributed by atoms with E-state index in [1.165, 1.54) is 11.9 Å². The first-order valence-corrected chi connectivity index (χ1v) is 5.86. The highest BCUT2D eigenvalue weighted by Crippen LogP contribution is 2.18. The highest BCUT2D eigenvalue weighted by molar-refractivity contribution is 5.25. The van der Waals surface area contributed by atoms with Gasteiger partial charge in [0.1, 0.15) is 0 Å². The number of rotatable bonds is 5. The van der Waals surface area contributed by atoms with Crippen LogP contribution in [0.5, 0.6) is 0 Å². The number of alkyl halides is 3. The van der Waals surface area contributed by atoms with Gasteiger partial charge in [0.25, 0.3) is 0 Å². The van der Waals surface area contributed by atoms with Crippen molar-refractivity contribution in [2.24, 2.45) is 5.73 Å². The summed E-state index contributed by atoms with van der Waals surface area (Å²) in [4.78, 5) is 1.25. The Hall–Kier alpha value is -1.07. The van der Waals surface area contributed by atoms with Gasteiger partial charge in [-0.3, -0.25) is 4.90 Å². The lowest BCUT2D eigenvalue weighted by molar-refractivity contribution is -0.144. The monoisotopic (exact) mass is 260 g/mol. The molecule has 18 heavy (non-hydrogen) atoms. The Morgan fingerprint density at radius 3 is 2.22 bits per heavy atom. The van der Waals surface area contributed by atoms with E-state index < -0.39 is 12.7 Å². The minimum Gasteiger partial charge on any atom is -0.330 e. The summed E-state index contributed by atoms with van der Waals surface area (Å²) in [6.07, 6.45) is -4.15. The van der Waals surface area contributed by atoms with Gasteiger partial charge in [-0.05, 0) is 30.6 Å². The van der Waals surface area contributed by atoms with Crippen LogP contribution >= 0.6 is 0 Å². The van der Waals surface area contributed by atoms with E-state index in [9.17, 15) is 13.2 Å². The van der Waals surface area contributed by atoms with Crippen LogP contribution in [0.1, 0.15) is 24.0 Å². The van der Waals surface area contributed by atoms with Crippen molar-refractivity contribution >= 4 is 0 Å². The molecule has 0 fully saturated rings. The first-order valence-electron chi connectivity index (χ1n) is 5.86. The van der Waals surface area contributed by atoms with E-state index in [-0.39, 0.29) is 12.5 Å². The van der Waals surface area contributed by atoms with Gasteiger partial charge < -0.3 is 5.73 Å². The molecule has 1 unspecified atom stereocenters. The number of nitrogens with zero attached hydrogens (tertiary/aromatic N) is 1. The summed E-state index contributed by atoms with van der Waals surface area (Å²) in [5.41, 5.74) is 7.54. The standard InChI is InChI=1S/C13H19F3N2/c1-10(7-17)12-5-3-11(4-6-12)8-18(2)9-13(14,15)16/h3-6,10H,7-9,17H2,1-2H3. The molecular formula is C13H19F3N2. The largest absolute Gasteiger partial charge is 0.401 e. The zero-order chi connectivity index (χ0) is 13.8. The average molecular weight is 260 g/mol. The van der Waals surface area contributed by atoms with E-state index in [4.69, 9.17) is 5.73 Å². The molecule has 1 aromatic carbocycles. The van der Waals surface area contributed by atoms with Crippen molar-refractivity contribution < 1.29 is 13.2 Å². The van der Waals surface area contributed by atoms with Crippen LogP contribution in [0.3, 0.4) is 0 Å². The molecule has 0 spiro atoms. The molecule has 0 heterocycles. The van der Waals surface area contributed by atoms with E-state index in [1.54, 1.807) is 0 Å². The zero-order valence-electron chi connectivity index (χ0n) is 10.7. The van der Waals surface area contributed by atoms with Crippen LogP contribution in [-0.4, -0.2) is 31.2 Å². The van der Waals surface area contributed by atoms with Gasteiger partial charge >= 0.3 is 6.18 Å². The summed E-state index contributed by atoms with van der Waals surface area (Å²) in [6.45, 7) is 1.98. The number of halogens is 3. The average Bonchev–Trinajstić information content (AvgIpc) is 2.26. The van der Waals surface area contributed by atoms with Crippen LogP contribution in [0, 0.1) is 0 Å². The van der Waals surface area contributed by atoms with E-state index in [2.05, 4.69) is 0 Å². The highest BCUT2D eigenvalue weighted by Gasteiger charge is 2.28. The first kappa shape index (κ1) is 15.0. The molecule has 5 heteroatoms. The zero-order valence-corrected chi connectivity index (χ0v) is 10.7. The number of hydrogen-bond donors (Lipinski definition) is 1. The minimum absolute atomic E-state index is 0.270. The number of hydrogen-bond acceptors (Lipinski definition) is 2. The van der Waals surface area contributed by atoms with Gasteiger partial charge in [-0.1, -0.05) is 31.2 Å². The molecule has 0 aliphatic carbocycles. The summed E-state index contributed by atoms with van der Waals surface area (Å²) in [5.74, 6) is 0.270. The molecule has 0 saturated heterocycles. The summed E-state index contributed by atoms with van der Waals surface area (Å²) in [7, 11) is 1.46. The smallest absolute Gasteiger partial charge is 0.330 e. The van der Waals surface area contributed by atoms with Crippen molar-refractivity contribution in [3.63, 3.8) is 0 Å². The lowest BCUT2D eigenvalue weighted by Crippen LogP contribution is -2.30. The molecule has 0 radical (unpaired) electrons. The van der Waals surface area contributed by atoms with Gasteiger partial charge in [0.05, 0.1) is 6.54 Å². The Balaban J connectivity index is 2.58. The third-order valence-corrected chi connectivity index (χ3v) is 2.80. The van der Waals surface area contributed by atoms with Crippen LogP contribution in [0.15, 0.2) is 24.3 Å². The maximum atomic E-state index is 12.2. The Morgan fingerprint density at radius 2 is 1.78 bits per heavy atom. The number of nitrogens with two attached hydrogens (primary N) is 1. The molecule has 0 aromatic heterocycles. The third kappa shape index (κ3) is 5.06. The van der Waals surface area contributed by atoms with Gasteiger partial charge in [-0.2, -0.15) is 13.2 Å². The Morgan fingerprint density at radius 1 is 1.22 bits per heavy atom. The topological polar surface area (TPSA) is 29.3 Å². The quantitative estimate of drug-likeness (QED) is 0.882. The third-order valence-electron chi connectivity index (χ3n) is 2.80. The molecule has 0 saturated carbocycles. The molecule has 1 aromatic rings. The van der Waals surface area contributed by atoms with Gasteiger partial charge in [0, 0.05) is 6.54 Å². The molecule has 0 aliphatic heterocycles. The summed E-state index contributed by atoms with van der Waals surface area (Å²) < 4.78 is 36.5. The van der Waals surface area contributed by atoms with Crippen LogP contribution in [0.25, 0.3) is 0 Å². The second kappa shape index (κ2) is 6.20. The van der Waals surface area contributed by atoms with Crippen LogP contribution in [0.4, 0.5) is 13.2 Å². The molecule has 0 amide bonds. The fourth-order valence-electron chi connectivity index (χ4n) is 1.76. The lowest BCUT2D eigenvalue weighted by atomic mass is 10.00. The van der Waals surface area contributed by atoms with Crippen LogP contribution in [-0.2, 0) is 6.54 Å². The molecular weight excluding hydrogens is 241 g/mol. The maximum Gasteiger partial charge on any atom is 0.401 e. The van der Waals surface area contributed by atoms with E-state index in [0.717, 1.165) is 11.1 Å². The minimum atomic E-state index is -4.15. The van der Waals surface area contributed by atoms with Crippen molar-refractivity contribution in [2.75, 3.05) is 20.1 Å². The second-order valence-corrected chi connectivity index (χ2v) is 4.67. The van der Waals surface area contributed by atoms with Crippen molar-refractivity contribution in [3.05, 3.63) is 35.4 Å². The SMILES string of the molecule is CC(CN)c1ccc(CN(C)CC(F)(F)F)cc1. The Kier molecular flexibility index (Phi) is 5.16. The van der Waals surface area contributed by atoms with Crippen molar-refractivity contribution in [1.29, 1.82) is 0 Å². The summed E-state index contributed by atoms with van der Waals surface area (Å²) in [6, 6.07) is 7.56. The lowest BCUT2D eigenvalue weighted by Gasteiger charge is -2.19. The van der Waals surface area contributed by atoms with Gasteiger partial charge in [-0.15, -0.1) is 0 Å². The normalized spacial score (nSPS) is 13.9. The molecule has 2 N–H and O–H groups in total. The van der Waals surface area contributed by atoms with Gasteiger partial charge in [0.2, 0.25) is 0 Å². The fourth-order valence-corrected chi connectivity index (χ4v) is 1.76. The molecule has 102 valence electrons. The predicted molar refractivity (Wildman–Crippen MR) is 66.3 cm³/mol. The Bertz CT molecular complexity index is 359. The van der Waals surface area contributed by atoms with Crippen LogP contribution < -0.4 is 5.73 Å². The maximum absolute atomic E-state index is 12.2. The molecule has 1 atom stereocenters. The van der Waals surface area contributed by atoms with E-state index >= 15 is 0 Å².